The maximum absolute atomic E-state index is 13.0. The summed E-state index contributed by atoms with van der Waals surface area (Å²) in [5, 5.41) is 14.7. The van der Waals surface area contributed by atoms with Gasteiger partial charge in [0.25, 0.3) is 11.6 Å². The van der Waals surface area contributed by atoms with Crippen molar-refractivity contribution in [2.24, 2.45) is 0 Å². The molecule has 0 radical (unpaired) electrons. The number of ether oxygens (including phenoxy) is 1. The minimum atomic E-state index is -0.732. The first kappa shape index (κ1) is 24.6. The first-order chi connectivity index (χ1) is 16.9. The topological polar surface area (TPSA) is 119 Å². The number of β-lactam (4-membered cyclic amide) rings is 1. The van der Waals surface area contributed by atoms with Crippen LogP contribution in [0.5, 0.6) is 0 Å². The summed E-state index contributed by atoms with van der Waals surface area (Å²) in [5.41, 5.74) is 1.49. The maximum Gasteiger partial charge on any atom is 0.356 e. The van der Waals surface area contributed by atoms with E-state index >= 15 is 0 Å². The molecule has 1 unspecified atom stereocenters. The van der Waals surface area contributed by atoms with Gasteiger partial charge in [-0.25, -0.2) is 4.79 Å². The molecule has 0 bridgehead atoms. The van der Waals surface area contributed by atoms with Crippen LogP contribution in [0.3, 0.4) is 0 Å². The van der Waals surface area contributed by atoms with Crippen molar-refractivity contribution in [2.75, 3.05) is 5.75 Å². The third-order valence-corrected chi connectivity index (χ3v) is 7.64. The second-order valence-electron chi connectivity index (χ2n) is 7.67. The Kier molecular flexibility index (Phi) is 7.57. The highest BCUT2D eigenvalue weighted by Gasteiger charge is 2.54. The molecule has 9 nitrogen and oxygen atoms in total. The molecule has 2 aliphatic rings. The van der Waals surface area contributed by atoms with Crippen LogP contribution in [-0.4, -0.2) is 44.8 Å². The maximum atomic E-state index is 13.0. The van der Waals surface area contributed by atoms with E-state index in [9.17, 15) is 24.5 Å². The van der Waals surface area contributed by atoms with Gasteiger partial charge in [0.2, 0.25) is 5.91 Å². The lowest BCUT2D eigenvalue weighted by Gasteiger charge is -2.49. The smallest absolute Gasteiger partial charge is 0.356 e. The Labute approximate surface area is 209 Å². The van der Waals surface area contributed by atoms with Gasteiger partial charge in [-0.1, -0.05) is 48.7 Å². The Morgan fingerprint density at radius 2 is 1.91 bits per heavy atom. The van der Waals surface area contributed by atoms with E-state index in [1.54, 1.807) is 5.41 Å². The van der Waals surface area contributed by atoms with Crippen LogP contribution in [0.4, 0.5) is 5.69 Å². The Morgan fingerprint density at radius 3 is 2.57 bits per heavy atom. The number of esters is 1. The van der Waals surface area contributed by atoms with Gasteiger partial charge in [-0.2, -0.15) is 0 Å². The molecule has 2 amide bonds. The van der Waals surface area contributed by atoms with E-state index in [4.69, 9.17) is 4.74 Å². The Bertz CT molecular complexity index is 1200. The average molecular weight is 512 g/mol. The number of benzene rings is 2. The van der Waals surface area contributed by atoms with Gasteiger partial charge in [0.15, 0.2) is 0 Å². The molecular formula is C24H21N3O6S2. The molecule has 0 aromatic heterocycles. The number of fused-ring (bicyclic) bond motifs is 1. The zero-order chi connectivity index (χ0) is 24.9. The molecule has 4 rings (SSSR count). The highest BCUT2D eigenvalue weighted by atomic mass is 32.2. The highest BCUT2D eigenvalue weighted by Crippen LogP contribution is 2.44. The zero-order valence-corrected chi connectivity index (χ0v) is 20.1. The monoisotopic (exact) mass is 511 g/mol. The van der Waals surface area contributed by atoms with E-state index in [-0.39, 0.29) is 36.2 Å². The molecule has 0 spiro atoms. The van der Waals surface area contributed by atoms with Crippen molar-refractivity contribution in [3.05, 3.63) is 98.4 Å². The largest absolute Gasteiger partial charge is 0.456 e. The van der Waals surface area contributed by atoms with Crippen molar-refractivity contribution in [3.63, 3.8) is 0 Å². The number of amides is 2. The minimum absolute atomic E-state index is 0.0638. The predicted octanol–water partition coefficient (Wildman–Crippen LogP) is 3.37. The Balaban J connectivity index is 1.43. The lowest BCUT2D eigenvalue weighted by atomic mass is 10.0. The van der Waals surface area contributed by atoms with Gasteiger partial charge in [-0.05, 0) is 28.7 Å². The van der Waals surface area contributed by atoms with Gasteiger partial charge < -0.3 is 10.1 Å². The first-order valence-corrected chi connectivity index (χ1v) is 12.5. The molecule has 2 heterocycles. The molecular weight excluding hydrogens is 490 g/mol. The standard InChI is InChI=1S/C24H21N3O6S2/c1-2-34-18-14-35-23-20(25-19(28)12-15-6-4-3-5-7-15)22(29)26(23)21(18)24(30)33-13-16-8-10-17(11-9-16)27(31)32/h2-11,20,23H,1,12-14H2,(H,25,28)/t20?,23-/m1/s1. The second-order valence-corrected chi connectivity index (χ2v) is 9.84. The molecule has 1 fully saturated rings. The van der Waals surface area contributed by atoms with Gasteiger partial charge in [0.05, 0.1) is 11.3 Å². The first-order valence-electron chi connectivity index (χ1n) is 10.6. The van der Waals surface area contributed by atoms with Gasteiger partial charge in [0, 0.05) is 22.8 Å². The van der Waals surface area contributed by atoms with Crippen molar-refractivity contribution >= 4 is 47.0 Å². The third kappa shape index (κ3) is 5.41. The number of nitro groups is 1. The van der Waals surface area contributed by atoms with Crippen LogP contribution < -0.4 is 5.32 Å². The normalized spacial score (nSPS) is 18.9. The SMILES string of the molecule is C=CSC1=C(C(=O)OCc2ccc([N+](=O)[O-])cc2)N2C(=O)C(NC(=O)Cc3ccccc3)[C@H]2SC1. The second kappa shape index (κ2) is 10.8. The van der Waals surface area contributed by atoms with Crippen LogP contribution in [0.1, 0.15) is 11.1 Å². The summed E-state index contributed by atoms with van der Waals surface area (Å²) in [7, 11) is 0. The van der Waals surface area contributed by atoms with Gasteiger partial charge in [0.1, 0.15) is 23.7 Å². The molecule has 2 atom stereocenters. The summed E-state index contributed by atoms with van der Waals surface area (Å²) in [6, 6.07) is 14.2. The number of hydrogen-bond acceptors (Lipinski definition) is 8. The fourth-order valence-electron chi connectivity index (χ4n) is 3.71. The fourth-order valence-corrected chi connectivity index (χ4v) is 5.87. The van der Waals surface area contributed by atoms with Crippen LogP contribution in [0.2, 0.25) is 0 Å². The molecule has 35 heavy (non-hydrogen) atoms. The van der Waals surface area contributed by atoms with Crippen LogP contribution >= 0.6 is 23.5 Å². The van der Waals surface area contributed by atoms with E-state index < -0.39 is 22.3 Å². The van der Waals surface area contributed by atoms with Crippen LogP contribution in [-0.2, 0) is 32.1 Å². The zero-order valence-electron chi connectivity index (χ0n) is 18.4. The van der Waals surface area contributed by atoms with Crippen LogP contribution in [0.25, 0.3) is 0 Å². The van der Waals surface area contributed by atoms with Crippen LogP contribution in [0.15, 0.2) is 77.2 Å². The van der Waals surface area contributed by atoms with Crippen molar-refractivity contribution in [1.29, 1.82) is 0 Å². The molecule has 0 saturated carbocycles. The summed E-state index contributed by atoms with van der Waals surface area (Å²) >= 11 is 2.69. The van der Waals surface area contributed by atoms with Gasteiger partial charge >= 0.3 is 5.97 Å². The molecule has 11 heteroatoms. The van der Waals surface area contributed by atoms with Gasteiger partial charge in [-0.15, -0.1) is 11.8 Å². The summed E-state index contributed by atoms with van der Waals surface area (Å²) in [6.45, 7) is 3.58. The Hall–Kier alpha value is -3.57. The number of carbonyl (C=O) groups is 3. The molecule has 2 aromatic rings. The van der Waals surface area contributed by atoms with Crippen molar-refractivity contribution < 1.29 is 24.0 Å². The molecule has 0 aliphatic carbocycles. The number of nitro benzene ring substituents is 1. The number of carbonyl (C=O) groups excluding carboxylic acids is 3. The summed E-state index contributed by atoms with van der Waals surface area (Å²) < 4.78 is 5.44. The number of nitrogens with one attached hydrogen (secondary N) is 1. The number of rotatable bonds is 9. The third-order valence-electron chi connectivity index (χ3n) is 5.39. The average Bonchev–Trinajstić information content (AvgIpc) is 2.86. The number of hydrogen-bond donors (Lipinski definition) is 1. The molecule has 1 N–H and O–H groups in total. The number of non-ortho nitro benzene ring substituents is 1. The number of nitrogens with zero attached hydrogens (tertiary/aromatic N) is 2. The predicted molar refractivity (Wildman–Crippen MR) is 133 cm³/mol. The number of thioether (sulfide) groups is 2. The minimum Gasteiger partial charge on any atom is -0.456 e. The van der Waals surface area contributed by atoms with E-state index in [0.29, 0.717) is 16.2 Å². The lowest BCUT2D eigenvalue weighted by molar-refractivity contribution is -0.384. The van der Waals surface area contributed by atoms with E-state index in [1.807, 2.05) is 30.3 Å². The molecule has 2 aliphatic heterocycles. The highest BCUT2D eigenvalue weighted by molar-refractivity contribution is 8.08. The lowest BCUT2D eigenvalue weighted by Crippen LogP contribution is -2.70. The van der Waals surface area contributed by atoms with Gasteiger partial charge in [-0.3, -0.25) is 24.6 Å². The summed E-state index contributed by atoms with van der Waals surface area (Å²) in [6.07, 6.45) is 0.152. The molecule has 1 saturated heterocycles. The Morgan fingerprint density at radius 1 is 1.20 bits per heavy atom. The summed E-state index contributed by atoms with van der Waals surface area (Å²) in [5.74, 6) is -0.876. The van der Waals surface area contributed by atoms with E-state index in [0.717, 1.165) is 5.56 Å². The fraction of sp³-hybridized carbons (Fsp3) is 0.208. The van der Waals surface area contributed by atoms with Crippen LogP contribution in [0, 0.1) is 10.1 Å². The van der Waals surface area contributed by atoms with Crippen molar-refractivity contribution in [3.8, 4) is 0 Å². The molecule has 180 valence electrons. The summed E-state index contributed by atoms with van der Waals surface area (Å²) in [4.78, 5) is 50.8. The quantitative estimate of drug-likeness (QED) is 0.236. The van der Waals surface area contributed by atoms with E-state index in [2.05, 4.69) is 11.9 Å². The van der Waals surface area contributed by atoms with Crippen molar-refractivity contribution in [2.45, 2.75) is 24.4 Å². The van der Waals surface area contributed by atoms with E-state index in [1.165, 1.54) is 52.7 Å². The molecule has 2 aromatic carbocycles. The van der Waals surface area contributed by atoms with Crippen molar-refractivity contribution in [1.82, 2.24) is 10.2 Å².